The number of hydrogen-bond acceptors (Lipinski definition) is 3. The minimum atomic E-state index is -0.914. The Hall–Kier alpha value is -1.17. The van der Waals surface area contributed by atoms with Crippen LogP contribution in [0, 0.1) is 0 Å². The van der Waals surface area contributed by atoms with E-state index >= 15 is 0 Å². The highest BCUT2D eigenvalue weighted by Crippen LogP contribution is 2.01. The fourth-order valence-electron chi connectivity index (χ4n) is 0.930. The molecule has 0 aliphatic carbocycles. The van der Waals surface area contributed by atoms with Gasteiger partial charge in [0, 0.05) is 6.42 Å². The molecular formula is C6H8N2O3S. The highest BCUT2D eigenvalue weighted by Gasteiger charge is 2.26. The van der Waals surface area contributed by atoms with Gasteiger partial charge in [-0.1, -0.05) is 0 Å². The van der Waals surface area contributed by atoms with Crippen molar-refractivity contribution in [3.05, 3.63) is 0 Å². The Kier molecular flexibility index (Phi) is 2.59. The van der Waals surface area contributed by atoms with E-state index in [9.17, 15) is 9.59 Å². The largest absolute Gasteiger partial charge is 0.481 e. The molecule has 66 valence electrons. The number of hydrogen-bond donors (Lipinski definition) is 3. The van der Waals surface area contributed by atoms with E-state index in [0.29, 0.717) is 0 Å². The molecule has 0 unspecified atom stereocenters. The Morgan fingerprint density at radius 1 is 1.67 bits per heavy atom. The molecule has 1 rings (SSSR count). The number of carbonyl (C=O) groups is 2. The normalized spacial score (nSPS) is 21.8. The summed E-state index contributed by atoms with van der Waals surface area (Å²) >= 11 is 4.66. The lowest BCUT2D eigenvalue weighted by Gasteiger charge is -2.03. The molecule has 1 fully saturated rings. The summed E-state index contributed by atoms with van der Waals surface area (Å²) in [6.07, 6.45) is 0.231. The summed E-state index contributed by atoms with van der Waals surface area (Å²) in [5, 5.41) is 13.7. The van der Waals surface area contributed by atoms with Crippen molar-refractivity contribution in [1.29, 1.82) is 0 Å². The lowest BCUT2D eigenvalue weighted by Crippen LogP contribution is -2.29. The molecule has 1 atom stereocenters. The predicted molar refractivity (Wildman–Crippen MR) is 44.5 cm³/mol. The minimum absolute atomic E-state index is 0.0340. The molecule has 1 saturated heterocycles. The molecule has 1 amide bonds. The van der Waals surface area contributed by atoms with Crippen LogP contribution in [-0.2, 0) is 9.59 Å². The molecule has 1 aliphatic heterocycles. The molecule has 1 aliphatic rings. The zero-order valence-corrected chi connectivity index (χ0v) is 6.98. The van der Waals surface area contributed by atoms with Gasteiger partial charge >= 0.3 is 5.97 Å². The van der Waals surface area contributed by atoms with Crippen LogP contribution in [-0.4, -0.2) is 28.1 Å². The van der Waals surface area contributed by atoms with Crippen LogP contribution in [0.2, 0.25) is 0 Å². The average Bonchev–Trinajstić information content (AvgIpc) is 2.26. The maximum atomic E-state index is 10.9. The van der Waals surface area contributed by atoms with Crippen LogP contribution in [0.5, 0.6) is 0 Å². The Morgan fingerprint density at radius 3 is 2.75 bits per heavy atom. The van der Waals surface area contributed by atoms with Gasteiger partial charge in [-0.15, -0.1) is 0 Å². The van der Waals surface area contributed by atoms with Crippen molar-refractivity contribution < 1.29 is 14.7 Å². The maximum absolute atomic E-state index is 10.9. The second-order valence-electron chi connectivity index (χ2n) is 2.45. The van der Waals surface area contributed by atoms with Gasteiger partial charge in [0.15, 0.2) is 5.11 Å². The molecule has 0 aromatic rings. The van der Waals surface area contributed by atoms with Gasteiger partial charge in [-0.2, -0.15) is 0 Å². The van der Waals surface area contributed by atoms with E-state index in [1.54, 1.807) is 0 Å². The third-order valence-corrected chi connectivity index (χ3v) is 1.73. The van der Waals surface area contributed by atoms with Crippen LogP contribution in [0.25, 0.3) is 0 Å². The van der Waals surface area contributed by atoms with E-state index in [1.165, 1.54) is 0 Å². The summed E-state index contributed by atoms with van der Waals surface area (Å²) in [7, 11) is 0. The Balaban J connectivity index is 2.38. The standard InChI is InChI=1S/C6H8N2O3S/c9-4(10)2-1-3-5(11)8-6(12)7-3/h3H,1-2H2,(H,9,10)(H2,7,8,11,12)/t3-/m0/s1. The quantitative estimate of drug-likeness (QED) is 0.507. The second-order valence-corrected chi connectivity index (χ2v) is 2.86. The van der Waals surface area contributed by atoms with E-state index < -0.39 is 12.0 Å². The Morgan fingerprint density at radius 2 is 2.33 bits per heavy atom. The zero-order valence-electron chi connectivity index (χ0n) is 6.16. The average molecular weight is 188 g/mol. The lowest BCUT2D eigenvalue weighted by molar-refractivity contribution is -0.137. The van der Waals surface area contributed by atoms with Gasteiger partial charge in [0.05, 0.1) is 0 Å². The number of thiocarbonyl (C=S) groups is 1. The van der Waals surface area contributed by atoms with Gasteiger partial charge in [-0.25, -0.2) is 0 Å². The first-order chi connectivity index (χ1) is 5.59. The van der Waals surface area contributed by atoms with Gasteiger partial charge in [0.2, 0.25) is 5.91 Å². The molecular weight excluding hydrogens is 180 g/mol. The molecule has 1 heterocycles. The van der Waals surface area contributed by atoms with Crippen molar-refractivity contribution in [2.24, 2.45) is 0 Å². The molecule has 0 radical (unpaired) electrons. The van der Waals surface area contributed by atoms with Gasteiger partial charge in [-0.05, 0) is 18.6 Å². The van der Waals surface area contributed by atoms with Crippen LogP contribution in [0.4, 0.5) is 0 Å². The third kappa shape index (κ3) is 2.16. The molecule has 6 heteroatoms. The topological polar surface area (TPSA) is 78.4 Å². The van der Waals surface area contributed by atoms with E-state index in [0.717, 1.165) is 0 Å². The summed E-state index contributed by atoms with van der Waals surface area (Å²) in [5.41, 5.74) is 0. The molecule has 3 N–H and O–H groups in total. The van der Waals surface area contributed by atoms with Gasteiger partial charge < -0.3 is 15.7 Å². The number of carboxylic acids is 1. The molecule has 0 bridgehead atoms. The van der Waals surface area contributed by atoms with E-state index in [1.807, 2.05) is 0 Å². The summed E-state index contributed by atoms with van der Waals surface area (Å²) in [4.78, 5) is 21.1. The maximum Gasteiger partial charge on any atom is 0.303 e. The molecule has 0 saturated carbocycles. The summed E-state index contributed by atoms with van der Waals surface area (Å²) in [6.45, 7) is 0. The smallest absolute Gasteiger partial charge is 0.303 e. The first-order valence-corrected chi connectivity index (χ1v) is 3.83. The van der Waals surface area contributed by atoms with E-state index in [4.69, 9.17) is 5.11 Å². The summed E-state index contributed by atoms with van der Waals surface area (Å²) in [6, 6.07) is -0.478. The highest BCUT2D eigenvalue weighted by molar-refractivity contribution is 7.80. The number of nitrogens with one attached hydrogen (secondary N) is 2. The van der Waals surface area contributed by atoms with Crippen molar-refractivity contribution in [2.45, 2.75) is 18.9 Å². The summed E-state index contributed by atoms with van der Waals surface area (Å²) in [5.74, 6) is -1.16. The predicted octanol–water partition coefficient (Wildman–Crippen LogP) is -0.776. The van der Waals surface area contributed by atoms with Gasteiger partial charge in [-0.3, -0.25) is 9.59 Å². The van der Waals surface area contributed by atoms with Crippen molar-refractivity contribution in [1.82, 2.24) is 10.6 Å². The fourth-order valence-corrected chi connectivity index (χ4v) is 1.17. The fraction of sp³-hybridized carbons (Fsp3) is 0.500. The minimum Gasteiger partial charge on any atom is -0.481 e. The van der Waals surface area contributed by atoms with Crippen LogP contribution in [0.15, 0.2) is 0 Å². The van der Waals surface area contributed by atoms with Gasteiger partial charge in [0.25, 0.3) is 0 Å². The lowest BCUT2D eigenvalue weighted by atomic mass is 10.1. The van der Waals surface area contributed by atoms with Crippen molar-refractivity contribution in [2.75, 3.05) is 0 Å². The van der Waals surface area contributed by atoms with E-state index in [2.05, 4.69) is 22.9 Å². The molecule has 0 aromatic carbocycles. The van der Waals surface area contributed by atoms with Crippen molar-refractivity contribution in [3.63, 3.8) is 0 Å². The molecule has 0 aromatic heterocycles. The van der Waals surface area contributed by atoms with E-state index in [-0.39, 0.29) is 23.9 Å². The van der Waals surface area contributed by atoms with Crippen LogP contribution < -0.4 is 10.6 Å². The molecule has 12 heavy (non-hydrogen) atoms. The molecule has 0 spiro atoms. The van der Waals surface area contributed by atoms with Gasteiger partial charge in [0.1, 0.15) is 6.04 Å². The van der Waals surface area contributed by atoms with Crippen LogP contribution in [0.3, 0.4) is 0 Å². The number of amides is 1. The first kappa shape index (κ1) is 8.92. The van der Waals surface area contributed by atoms with Crippen LogP contribution >= 0.6 is 12.2 Å². The molecule has 5 nitrogen and oxygen atoms in total. The first-order valence-electron chi connectivity index (χ1n) is 3.43. The SMILES string of the molecule is O=C(O)CC[C@@H]1NC(=S)NC1=O. The number of aliphatic carboxylic acids is 1. The van der Waals surface area contributed by atoms with Crippen LogP contribution in [0.1, 0.15) is 12.8 Å². The van der Waals surface area contributed by atoms with Crippen molar-refractivity contribution in [3.8, 4) is 0 Å². The Bertz CT molecular complexity index is 241. The highest BCUT2D eigenvalue weighted by atomic mass is 32.1. The Labute approximate surface area is 74.1 Å². The zero-order chi connectivity index (χ0) is 9.14. The second kappa shape index (κ2) is 3.48. The number of carbonyl (C=O) groups excluding carboxylic acids is 1. The monoisotopic (exact) mass is 188 g/mol. The third-order valence-electron chi connectivity index (χ3n) is 1.51. The number of rotatable bonds is 3. The summed E-state index contributed by atoms with van der Waals surface area (Å²) < 4.78 is 0. The van der Waals surface area contributed by atoms with Crippen molar-refractivity contribution >= 4 is 29.2 Å². The number of carboxylic acid groups (broad SMARTS) is 1.